The van der Waals surface area contributed by atoms with E-state index in [0.29, 0.717) is 12.1 Å². The zero-order valence-corrected chi connectivity index (χ0v) is 11.6. The first-order chi connectivity index (χ1) is 9.22. The fraction of sp³-hybridized carbons (Fsp3) is 0.286. The van der Waals surface area contributed by atoms with Crippen LogP contribution >= 0.6 is 11.3 Å². The van der Waals surface area contributed by atoms with Crippen LogP contribution in [0.2, 0.25) is 0 Å². The highest BCUT2D eigenvalue weighted by atomic mass is 32.1. The average molecular weight is 275 g/mol. The maximum atomic E-state index is 11.3. The first-order valence-electron chi connectivity index (χ1n) is 6.22. The molecule has 1 heterocycles. The van der Waals surface area contributed by atoms with Gasteiger partial charge in [0.05, 0.1) is 6.04 Å². The first kappa shape index (κ1) is 13.7. The molecule has 1 aromatic heterocycles. The summed E-state index contributed by atoms with van der Waals surface area (Å²) < 4.78 is 0. The minimum Gasteiger partial charge on any atom is -0.366 e. The third-order valence-electron chi connectivity index (χ3n) is 2.98. The average Bonchev–Trinajstić information content (AvgIpc) is 2.94. The molecule has 2 rings (SSSR count). The van der Waals surface area contributed by atoms with Crippen LogP contribution < -0.4 is 11.1 Å². The molecule has 0 fully saturated rings. The van der Waals surface area contributed by atoms with Crippen molar-refractivity contribution in [2.24, 2.45) is 5.73 Å². The van der Waals surface area contributed by atoms with E-state index < -0.39 is 0 Å². The molecule has 3 N–H and O–H groups in total. The Hall–Kier alpha value is -1.72. The minimum atomic E-state index is -0.389. The van der Waals surface area contributed by atoms with Crippen LogP contribution in [0.15, 0.2) is 35.8 Å². The van der Waals surface area contributed by atoms with E-state index in [1.165, 1.54) is 0 Å². The Morgan fingerprint density at radius 3 is 2.89 bits per heavy atom. The summed E-state index contributed by atoms with van der Waals surface area (Å²) in [5.74, 6) is -0.389. The van der Waals surface area contributed by atoms with E-state index in [9.17, 15) is 4.79 Å². The summed E-state index contributed by atoms with van der Waals surface area (Å²) in [4.78, 5) is 15.7. The molecule has 1 amide bonds. The molecule has 0 radical (unpaired) electrons. The van der Waals surface area contributed by atoms with Crippen molar-refractivity contribution in [1.82, 2.24) is 10.3 Å². The van der Waals surface area contributed by atoms with Crippen molar-refractivity contribution < 1.29 is 4.79 Å². The van der Waals surface area contributed by atoms with Gasteiger partial charge in [-0.2, -0.15) is 0 Å². The van der Waals surface area contributed by atoms with E-state index in [1.54, 1.807) is 17.4 Å². The maximum Gasteiger partial charge on any atom is 0.249 e. The van der Waals surface area contributed by atoms with Crippen LogP contribution in [0, 0.1) is 0 Å². The molecule has 5 heteroatoms. The zero-order valence-electron chi connectivity index (χ0n) is 10.8. The summed E-state index contributed by atoms with van der Waals surface area (Å²) >= 11 is 1.64. The normalized spacial score (nSPS) is 12.3. The summed E-state index contributed by atoms with van der Waals surface area (Å²) in [5.41, 5.74) is 6.87. The Kier molecular flexibility index (Phi) is 4.65. The van der Waals surface area contributed by atoms with Gasteiger partial charge in [0.2, 0.25) is 5.91 Å². The van der Waals surface area contributed by atoms with Gasteiger partial charge in [0.25, 0.3) is 0 Å². The third kappa shape index (κ3) is 3.39. The van der Waals surface area contributed by atoms with Crippen LogP contribution in [0.25, 0.3) is 0 Å². The molecule has 0 aliphatic rings. The number of nitrogens with two attached hydrogens (primary N) is 1. The Morgan fingerprint density at radius 1 is 1.47 bits per heavy atom. The molecule has 100 valence electrons. The van der Waals surface area contributed by atoms with Gasteiger partial charge < -0.3 is 11.1 Å². The summed E-state index contributed by atoms with van der Waals surface area (Å²) in [7, 11) is 0. The van der Waals surface area contributed by atoms with Gasteiger partial charge in [-0.3, -0.25) is 4.79 Å². The molecular formula is C14H17N3OS. The number of carbonyl (C=O) groups excluding carboxylic acids is 1. The van der Waals surface area contributed by atoms with Crippen LogP contribution in [0.4, 0.5) is 0 Å². The van der Waals surface area contributed by atoms with E-state index in [0.717, 1.165) is 17.0 Å². The zero-order chi connectivity index (χ0) is 13.7. The fourth-order valence-corrected chi connectivity index (χ4v) is 2.76. The van der Waals surface area contributed by atoms with Crippen molar-refractivity contribution in [3.8, 4) is 0 Å². The highest BCUT2D eigenvalue weighted by Crippen LogP contribution is 2.19. The Balaban J connectivity index is 2.08. The van der Waals surface area contributed by atoms with Crippen LogP contribution in [0.3, 0.4) is 0 Å². The summed E-state index contributed by atoms with van der Waals surface area (Å²) in [6, 6.07) is 7.61. The molecule has 0 saturated heterocycles. The predicted octanol–water partition coefficient (Wildman–Crippen LogP) is 2.48. The minimum absolute atomic E-state index is 0.209. The molecule has 1 atom stereocenters. The van der Waals surface area contributed by atoms with Gasteiger partial charge in [0, 0.05) is 23.7 Å². The number of carbonyl (C=O) groups is 1. The van der Waals surface area contributed by atoms with Gasteiger partial charge in [-0.1, -0.05) is 25.1 Å². The number of primary amides is 1. The SMILES string of the molecule is CCC(NCc1ccccc1C(N)=O)c1nccs1. The number of nitrogens with zero attached hydrogens (tertiary/aromatic N) is 1. The third-order valence-corrected chi connectivity index (χ3v) is 3.87. The molecule has 0 spiro atoms. The van der Waals surface area contributed by atoms with Crippen LogP contribution in [0.5, 0.6) is 0 Å². The van der Waals surface area contributed by atoms with E-state index >= 15 is 0 Å². The van der Waals surface area contributed by atoms with Crippen molar-refractivity contribution >= 4 is 17.2 Å². The quantitative estimate of drug-likeness (QED) is 0.851. The second kappa shape index (κ2) is 6.45. The molecule has 0 aliphatic heterocycles. The van der Waals surface area contributed by atoms with Crippen molar-refractivity contribution in [3.63, 3.8) is 0 Å². The lowest BCUT2D eigenvalue weighted by atomic mass is 10.1. The van der Waals surface area contributed by atoms with Gasteiger partial charge in [0.15, 0.2) is 0 Å². The van der Waals surface area contributed by atoms with E-state index in [4.69, 9.17) is 5.73 Å². The molecule has 19 heavy (non-hydrogen) atoms. The van der Waals surface area contributed by atoms with Crippen molar-refractivity contribution in [1.29, 1.82) is 0 Å². The number of benzene rings is 1. The summed E-state index contributed by atoms with van der Waals surface area (Å²) in [5, 5.41) is 6.46. The van der Waals surface area contributed by atoms with Crippen molar-refractivity contribution in [2.75, 3.05) is 0 Å². The standard InChI is InChI=1S/C14H17N3OS/c1-2-12(14-16-7-8-19-14)17-9-10-5-3-4-6-11(10)13(15)18/h3-8,12,17H,2,9H2,1H3,(H2,15,18). The monoisotopic (exact) mass is 275 g/mol. The molecule has 4 nitrogen and oxygen atoms in total. The number of nitrogens with one attached hydrogen (secondary N) is 1. The molecule has 1 unspecified atom stereocenters. The number of thiazole rings is 1. The Morgan fingerprint density at radius 2 is 2.26 bits per heavy atom. The Labute approximate surface area is 116 Å². The lowest BCUT2D eigenvalue weighted by Crippen LogP contribution is -2.22. The lowest BCUT2D eigenvalue weighted by Gasteiger charge is -2.15. The summed E-state index contributed by atoms with van der Waals surface area (Å²) in [6.07, 6.45) is 2.76. The largest absolute Gasteiger partial charge is 0.366 e. The molecule has 2 aromatic rings. The van der Waals surface area contributed by atoms with Gasteiger partial charge in [-0.05, 0) is 18.1 Å². The molecule has 0 saturated carbocycles. The summed E-state index contributed by atoms with van der Waals surface area (Å²) in [6.45, 7) is 2.72. The van der Waals surface area contributed by atoms with Gasteiger partial charge >= 0.3 is 0 Å². The molecular weight excluding hydrogens is 258 g/mol. The maximum absolute atomic E-state index is 11.3. The van der Waals surface area contributed by atoms with E-state index in [-0.39, 0.29) is 11.9 Å². The smallest absolute Gasteiger partial charge is 0.249 e. The number of amides is 1. The Bertz CT molecular complexity index is 539. The molecule has 0 bridgehead atoms. The van der Waals surface area contributed by atoms with Crippen molar-refractivity contribution in [2.45, 2.75) is 25.9 Å². The molecule has 1 aromatic carbocycles. The fourth-order valence-electron chi connectivity index (χ4n) is 1.96. The number of hydrogen-bond acceptors (Lipinski definition) is 4. The van der Waals surface area contributed by atoms with Crippen LogP contribution in [0.1, 0.15) is 40.3 Å². The van der Waals surface area contributed by atoms with Gasteiger partial charge in [-0.25, -0.2) is 4.98 Å². The van der Waals surface area contributed by atoms with Crippen molar-refractivity contribution in [3.05, 3.63) is 52.0 Å². The van der Waals surface area contributed by atoms with Gasteiger partial charge in [-0.15, -0.1) is 11.3 Å². The highest BCUT2D eigenvalue weighted by Gasteiger charge is 2.13. The highest BCUT2D eigenvalue weighted by molar-refractivity contribution is 7.09. The first-order valence-corrected chi connectivity index (χ1v) is 7.10. The number of rotatable bonds is 6. The second-order valence-corrected chi connectivity index (χ2v) is 5.16. The van der Waals surface area contributed by atoms with Crippen LogP contribution in [-0.2, 0) is 6.54 Å². The number of hydrogen-bond donors (Lipinski definition) is 2. The topological polar surface area (TPSA) is 68.0 Å². The van der Waals surface area contributed by atoms with Crippen LogP contribution in [-0.4, -0.2) is 10.9 Å². The predicted molar refractivity (Wildman–Crippen MR) is 76.9 cm³/mol. The van der Waals surface area contributed by atoms with Gasteiger partial charge in [0.1, 0.15) is 5.01 Å². The number of aromatic nitrogens is 1. The van der Waals surface area contributed by atoms with E-state index in [1.807, 2.05) is 29.8 Å². The second-order valence-electron chi connectivity index (χ2n) is 4.23. The van der Waals surface area contributed by atoms with E-state index in [2.05, 4.69) is 17.2 Å². The molecule has 0 aliphatic carbocycles. The lowest BCUT2D eigenvalue weighted by molar-refractivity contribution is 0.0999.